The first kappa shape index (κ1) is 18.1. The molecule has 0 fully saturated rings. The highest BCUT2D eigenvalue weighted by Gasteiger charge is 2.08. The van der Waals surface area contributed by atoms with E-state index >= 15 is 0 Å². The molecule has 142 valence electrons. The minimum atomic E-state index is -0.161. The van der Waals surface area contributed by atoms with Crippen LogP contribution in [0.5, 0.6) is 11.8 Å². The molecule has 4 heterocycles. The van der Waals surface area contributed by atoms with Crippen molar-refractivity contribution in [3.63, 3.8) is 0 Å². The van der Waals surface area contributed by atoms with Gasteiger partial charge in [0, 0.05) is 43.5 Å². The van der Waals surface area contributed by atoms with Crippen molar-refractivity contribution in [2.75, 3.05) is 5.32 Å². The molecule has 0 aliphatic carbocycles. The highest BCUT2D eigenvalue weighted by molar-refractivity contribution is 9.10. The van der Waals surface area contributed by atoms with Crippen LogP contribution in [0.1, 0.15) is 6.92 Å². The van der Waals surface area contributed by atoms with Crippen LogP contribution >= 0.6 is 15.9 Å². The predicted octanol–water partition coefficient (Wildman–Crippen LogP) is 3.24. The van der Waals surface area contributed by atoms with E-state index in [-0.39, 0.29) is 5.56 Å². The topological polar surface area (TPSA) is 99.8 Å². The fourth-order valence-corrected chi connectivity index (χ4v) is 3.10. The van der Waals surface area contributed by atoms with Crippen LogP contribution in [0.4, 0.5) is 11.6 Å². The summed E-state index contributed by atoms with van der Waals surface area (Å²) in [4.78, 5) is 25.0. The monoisotopic (exact) mass is 441 g/mol. The van der Waals surface area contributed by atoms with Crippen molar-refractivity contribution >= 4 is 38.6 Å². The SMILES string of the molecule is CCn1ccc(Oc2ccc(Nc3ncc4cc(Br)c(=O)n(C)c4n3)cn2)n1. The maximum atomic E-state index is 12.1. The van der Waals surface area contributed by atoms with E-state index < -0.39 is 0 Å². The number of nitrogens with zero attached hydrogens (tertiary/aromatic N) is 6. The first-order chi connectivity index (χ1) is 13.5. The van der Waals surface area contributed by atoms with E-state index in [1.54, 1.807) is 48.4 Å². The van der Waals surface area contributed by atoms with Crippen LogP contribution in [0.3, 0.4) is 0 Å². The van der Waals surface area contributed by atoms with Gasteiger partial charge in [0.15, 0.2) is 0 Å². The molecule has 0 bridgehead atoms. The Morgan fingerprint density at radius 3 is 2.75 bits per heavy atom. The lowest BCUT2D eigenvalue weighted by Gasteiger charge is -2.08. The molecule has 0 unspecified atom stereocenters. The molecule has 10 heteroatoms. The second kappa shape index (κ2) is 7.39. The highest BCUT2D eigenvalue weighted by atomic mass is 79.9. The number of ether oxygens (including phenoxy) is 1. The van der Waals surface area contributed by atoms with E-state index in [4.69, 9.17) is 4.74 Å². The number of halogens is 1. The summed E-state index contributed by atoms with van der Waals surface area (Å²) in [6.07, 6.45) is 5.11. The Labute approximate surface area is 168 Å². The quantitative estimate of drug-likeness (QED) is 0.507. The zero-order valence-corrected chi connectivity index (χ0v) is 16.7. The van der Waals surface area contributed by atoms with Crippen LogP contribution in [0.15, 0.2) is 52.1 Å². The first-order valence-corrected chi connectivity index (χ1v) is 9.29. The van der Waals surface area contributed by atoms with E-state index in [2.05, 4.69) is 41.3 Å². The molecule has 0 radical (unpaired) electrons. The van der Waals surface area contributed by atoms with Crippen LogP contribution in [0.2, 0.25) is 0 Å². The van der Waals surface area contributed by atoms with Crippen molar-refractivity contribution in [2.24, 2.45) is 7.05 Å². The molecule has 0 atom stereocenters. The first-order valence-electron chi connectivity index (χ1n) is 8.50. The lowest BCUT2D eigenvalue weighted by Crippen LogP contribution is -2.18. The Kier molecular flexibility index (Phi) is 4.78. The Hall–Kier alpha value is -3.27. The molecule has 4 aromatic rings. The molecular weight excluding hydrogens is 426 g/mol. The lowest BCUT2D eigenvalue weighted by atomic mass is 10.3. The normalized spacial score (nSPS) is 11.0. The number of hydrogen-bond donors (Lipinski definition) is 1. The average molecular weight is 442 g/mol. The number of pyridine rings is 2. The number of fused-ring (bicyclic) bond motifs is 1. The molecule has 0 aromatic carbocycles. The van der Waals surface area contributed by atoms with Gasteiger partial charge in [-0.05, 0) is 35.0 Å². The summed E-state index contributed by atoms with van der Waals surface area (Å²) < 4.78 is 9.33. The molecule has 4 rings (SSSR count). The van der Waals surface area contributed by atoms with Crippen molar-refractivity contribution < 1.29 is 4.74 Å². The summed E-state index contributed by atoms with van der Waals surface area (Å²) >= 11 is 3.24. The Morgan fingerprint density at radius 2 is 2.04 bits per heavy atom. The molecule has 4 aromatic heterocycles. The number of nitrogens with one attached hydrogen (secondary N) is 1. The second-order valence-electron chi connectivity index (χ2n) is 5.95. The third-order valence-electron chi connectivity index (χ3n) is 4.05. The third-order valence-corrected chi connectivity index (χ3v) is 4.61. The van der Waals surface area contributed by atoms with Crippen molar-refractivity contribution in [2.45, 2.75) is 13.5 Å². The summed E-state index contributed by atoms with van der Waals surface area (Å²) in [5.41, 5.74) is 1.06. The van der Waals surface area contributed by atoms with Crippen LogP contribution in [0, 0.1) is 0 Å². The summed E-state index contributed by atoms with van der Waals surface area (Å²) in [5, 5.41) is 8.08. The zero-order chi connectivity index (χ0) is 19.7. The van der Waals surface area contributed by atoms with Gasteiger partial charge in [0.05, 0.1) is 16.4 Å². The van der Waals surface area contributed by atoms with Crippen LogP contribution in [-0.2, 0) is 13.6 Å². The number of hydrogen-bond acceptors (Lipinski definition) is 7. The molecule has 0 aliphatic heterocycles. The molecular formula is C18H16BrN7O2. The minimum Gasteiger partial charge on any atom is -0.419 e. The minimum absolute atomic E-state index is 0.161. The van der Waals surface area contributed by atoms with Crippen molar-refractivity contribution in [1.82, 2.24) is 29.3 Å². The van der Waals surface area contributed by atoms with Gasteiger partial charge in [-0.1, -0.05) is 0 Å². The molecule has 0 amide bonds. The fourth-order valence-electron chi connectivity index (χ4n) is 2.59. The van der Waals surface area contributed by atoms with Gasteiger partial charge in [0.2, 0.25) is 17.7 Å². The van der Waals surface area contributed by atoms with Gasteiger partial charge < -0.3 is 10.1 Å². The Balaban J connectivity index is 1.53. The average Bonchev–Trinajstić information content (AvgIpc) is 3.16. The van der Waals surface area contributed by atoms with Gasteiger partial charge in [0.25, 0.3) is 5.56 Å². The Bertz CT molecular complexity index is 1200. The highest BCUT2D eigenvalue weighted by Crippen LogP contribution is 2.21. The van der Waals surface area contributed by atoms with Gasteiger partial charge in [-0.3, -0.25) is 14.0 Å². The largest absolute Gasteiger partial charge is 0.419 e. The van der Waals surface area contributed by atoms with E-state index in [0.29, 0.717) is 33.5 Å². The van der Waals surface area contributed by atoms with Gasteiger partial charge in [0.1, 0.15) is 5.65 Å². The number of anilines is 2. The molecule has 0 aliphatic rings. The molecule has 0 spiro atoms. The predicted molar refractivity (Wildman–Crippen MR) is 108 cm³/mol. The number of aromatic nitrogens is 6. The van der Waals surface area contributed by atoms with Gasteiger partial charge in [-0.15, -0.1) is 5.10 Å². The molecule has 9 nitrogen and oxygen atoms in total. The van der Waals surface area contributed by atoms with E-state index in [0.717, 1.165) is 11.9 Å². The van der Waals surface area contributed by atoms with E-state index in [1.165, 1.54) is 4.57 Å². The van der Waals surface area contributed by atoms with Gasteiger partial charge >= 0.3 is 0 Å². The Morgan fingerprint density at radius 1 is 1.18 bits per heavy atom. The summed E-state index contributed by atoms with van der Waals surface area (Å²) in [5.74, 6) is 1.28. The summed E-state index contributed by atoms with van der Waals surface area (Å²) in [7, 11) is 1.67. The van der Waals surface area contributed by atoms with Gasteiger partial charge in [-0.25, -0.2) is 9.97 Å². The summed E-state index contributed by atoms with van der Waals surface area (Å²) in [6, 6.07) is 7.01. The van der Waals surface area contributed by atoms with E-state index in [9.17, 15) is 4.79 Å². The molecule has 1 N–H and O–H groups in total. The summed E-state index contributed by atoms with van der Waals surface area (Å²) in [6.45, 7) is 2.77. The van der Waals surface area contributed by atoms with Crippen molar-refractivity contribution in [3.8, 4) is 11.8 Å². The maximum Gasteiger partial charge on any atom is 0.266 e. The zero-order valence-electron chi connectivity index (χ0n) is 15.1. The van der Waals surface area contributed by atoms with Crippen LogP contribution in [-0.4, -0.2) is 29.3 Å². The van der Waals surface area contributed by atoms with E-state index in [1.807, 2.05) is 13.1 Å². The smallest absolute Gasteiger partial charge is 0.266 e. The fraction of sp³-hybridized carbons (Fsp3) is 0.167. The van der Waals surface area contributed by atoms with Crippen LogP contribution < -0.4 is 15.6 Å². The van der Waals surface area contributed by atoms with Crippen molar-refractivity contribution in [3.05, 3.63) is 57.7 Å². The van der Waals surface area contributed by atoms with Crippen LogP contribution in [0.25, 0.3) is 11.0 Å². The van der Waals surface area contributed by atoms with Gasteiger partial charge in [-0.2, -0.15) is 4.98 Å². The lowest BCUT2D eigenvalue weighted by molar-refractivity contribution is 0.433. The molecule has 0 saturated carbocycles. The maximum absolute atomic E-state index is 12.1. The second-order valence-corrected chi connectivity index (χ2v) is 6.81. The standard InChI is InChI=1S/C18H16BrN7O2/c1-3-26-7-6-15(24-26)28-14-5-4-12(10-20-14)22-18-21-9-11-8-13(19)17(27)25(2)16(11)23-18/h4-10H,3H2,1-2H3,(H,21,22,23). The number of aryl methyl sites for hydroxylation is 2. The molecule has 28 heavy (non-hydrogen) atoms. The van der Waals surface area contributed by atoms with Crippen molar-refractivity contribution in [1.29, 1.82) is 0 Å². The molecule has 0 saturated heterocycles. The third kappa shape index (κ3) is 3.58. The number of rotatable bonds is 5.